The van der Waals surface area contributed by atoms with Gasteiger partial charge in [0.2, 0.25) is 0 Å². The molecule has 3 heteroatoms. The molecule has 0 spiro atoms. The molecule has 2 aromatic rings. The Balaban J connectivity index is 2.69. The summed E-state index contributed by atoms with van der Waals surface area (Å²) in [5, 5.41) is 0. The molecule has 0 bridgehead atoms. The first kappa shape index (κ1) is 11.3. The van der Waals surface area contributed by atoms with Gasteiger partial charge in [0.15, 0.2) is 0 Å². The second kappa shape index (κ2) is 4.37. The molecule has 2 aromatic carbocycles. The molecule has 0 heterocycles. The van der Waals surface area contributed by atoms with Crippen LogP contribution < -0.4 is 16.4 Å². The SMILES string of the molecule is CN(C)c1ccccc1-c1c(N)cccc1N. The molecular weight excluding hydrogens is 210 g/mol. The van der Waals surface area contributed by atoms with Crippen LogP contribution in [0.4, 0.5) is 17.1 Å². The summed E-state index contributed by atoms with van der Waals surface area (Å²) in [4.78, 5) is 2.06. The van der Waals surface area contributed by atoms with E-state index in [-0.39, 0.29) is 0 Å². The van der Waals surface area contributed by atoms with Gasteiger partial charge in [-0.25, -0.2) is 0 Å². The van der Waals surface area contributed by atoms with Gasteiger partial charge in [-0.3, -0.25) is 0 Å². The minimum Gasteiger partial charge on any atom is -0.398 e. The highest BCUT2D eigenvalue weighted by Gasteiger charge is 2.11. The van der Waals surface area contributed by atoms with Crippen LogP contribution in [-0.4, -0.2) is 14.1 Å². The summed E-state index contributed by atoms with van der Waals surface area (Å²) in [6.07, 6.45) is 0. The Morgan fingerprint density at radius 1 is 0.824 bits per heavy atom. The zero-order valence-electron chi connectivity index (χ0n) is 10.1. The Hall–Kier alpha value is -2.16. The molecule has 0 amide bonds. The van der Waals surface area contributed by atoms with Crippen molar-refractivity contribution in [1.29, 1.82) is 0 Å². The van der Waals surface area contributed by atoms with Gasteiger partial charge < -0.3 is 16.4 Å². The fourth-order valence-electron chi connectivity index (χ4n) is 1.97. The molecule has 0 saturated carbocycles. The molecule has 0 aliphatic rings. The zero-order valence-corrected chi connectivity index (χ0v) is 10.1. The highest BCUT2D eigenvalue weighted by Crippen LogP contribution is 2.37. The predicted molar refractivity (Wildman–Crippen MR) is 75.0 cm³/mol. The van der Waals surface area contributed by atoms with Gasteiger partial charge in [0.05, 0.1) is 0 Å². The largest absolute Gasteiger partial charge is 0.398 e. The third-order valence-corrected chi connectivity index (χ3v) is 2.78. The number of anilines is 3. The van der Waals surface area contributed by atoms with Gasteiger partial charge in [-0.05, 0) is 18.2 Å². The summed E-state index contributed by atoms with van der Waals surface area (Å²) in [6, 6.07) is 13.7. The lowest BCUT2D eigenvalue weighted by atomic mass is 9.99. The van der Waals surface area contributed by atoms with Crippen LogP contribution in [0.3, 0.4) is 0 Å². The molecule has 0 unspecified atom stereocenters. The first-order chi connectivity index (χ1) is 8.11. The van der Waals surface area contributed by atoms with Crippen LogP contribution in [-0.2, 0) is 0 Å². The van der Waals surface area contributed by atoms with Crippen LogP contribution in [0.25, 0.3) is 11.1 Å². The van der Waals surface area contributed by atoms with E-state index >= 15 is 0 Å². The lowest BCUT2D eigenvalue weighted by molar-refractivity contribution is 1.13. The van der Waals surface area contributed by atoms with Gasteiger partial charge in [0.25, 0.3) is 0 Å². The van der Waals surface area contributed by atoms with Gasteiger partial charge in [-0.15, -0.1) is 0 Å². The van der Waals surface area contributed by atoms with E-state index < -0.39 is 0 Å². The zero-order chi connectivity index (χ0) is 12.4. The summed E-state index contributed by atoms with van der Waals surface area (Å²) >= 11 is 0. The lowest BCUT2D eigenvalue weighted by Crippen LogP contribution is -2.10. The Kier molecular flexibility index (Phi) is 2.91. The van der Waals surface area contributed by atoms with E-state index in [4.69, 9.17) is 11.5 Å². The van der Waals surface area contributed by atoms with Crippen molar-refractivity contribution >= 4 is 17.1 Å². The molecule has 4 N–H and O–H groups in total. The third kappa shape index (κ3) is 2.04. The highest BCUT2D eigenvalue weighted by atomic mass is 15.1. The molecule has 0 radical (unpaired) electrons. The standard InChI is InChI=1S/C14H17N3/c1-17(2)13-9-4-3-6-10(13)14-11(15)7-5-8-12(14)16/h3-9H,15-16H2,1-2H3. The summed E-state index contributed by atoms with van der Waals surface area (Å²) < 4.78 is 0. The smallest absolute Gasteiger partial charge is 0.0442 e. The minimum atomic E-state index is 0.708. The molecule has 0 aromatic heterocycles. The van der Waals surface area contributed by atoms with Crippen molar-refractivity contribution in [2.24, 2.45) is 0 Å². The Morgan fingerprint density at radius 2 is 1.41 bits per heavy atom. The number of rotatable bonds is 2. The van der Waals surface area contributed by atoms with E-state index in [9.17, 15) is 0 Å². The predicted octanol–water partition coefficient (Wildman–Crippen LogP) is 2.58. The Bertz CT molecular complexity index is 512. The minimum absolute atomic E-state index is 0.708. The second-order valence-corrected chi connectivity index (χ2v) is 4.22. The van der Waals surface area contributed by atoms with Gasteiger partial charge in [-0.1, -0.05) is 24.3 Å². The molecule has 2 rings (SSSR count). The first-order valence-electron chi connectivity index (χ1n) is 5.52. The normalized spacial score (nSPS) is 10.2. The maximum atomic E-state index is 6.02. The molecule has 88 valence electrons. The van der Waals surface area contributed by atoms with Crippen LogP contribution in [0.15, 0.2) is 42.5 Å². The number of nitrogen functional groups attached to an aromatic ring is 2. The average molecular weight is 227 g/mol. The fourth-order valence-corrected chi connectivity index (χ4v) is 1.97. The van der Waals surface area contributed by atoms with Gasteiger partial charge in [0, 0.05) is 42.3 Å². The van der Waals surface area contributed by atoms with Crippen molar-refractivity contribution in [2.75, 3.05) is 30.5 Å². The number of para-hydroxylation sites is 1. The molecule has 0 aliphatic carbocycles. The van der Waals surface area contributed by atoms with Crippen molar-refractivity contribution in [1.82, 2.24) is 0 Å². The summed E-state index contributed by atoms with van der Waals surface area (Å²) in [6.45, 7) is 0. The van der Waals surface area contributed by atoms with Crippen molar-refractivity contribution in [3.8, 4) is 11.1 Å². The number of nitrogens with zero attached hydrogens (tertiary/aromatic N) is 1. The first-order valence-corrected chi connectivity index (χ1v) is 5.52. The van der Waals surface area contributed by atoms with Gasteiger partial charge in [0.1, 0.15) is 0 Å². The summed E-state index contributed by atoms with van der Waals surface area (Å²) in [7, 11) is 4.02. The molecule has 3 nitrogen and oxygen atoms in total. The quantitative estimate of drug-likeness (QED) is 0.775. The van der Waals surface area contributed by atoms with Crippen molar-refractivity contribution in [3.63, 3.8) is 0 Å². The topological polar surface area (TPSA) is 55.3 Å². The average Bonchev–Trinajstić information content (AvgIpc) is 2.29. The molecule has 0 fully saturated rings. The van der Waals surface area contributed by atoms with Crippen molar-refractivity contribution < 1.29 is 0 Å². The van der Waals surface area contributed by atoms with Gasteiger partial charge >= 0.3 is 0 Å². The van der Waals surface area contributed by atoms with E-state index in [2.05, 4.69) is 11.0 Å². The maximum Gasteiger partial charge on any atom is 0.0442 e. The number of hydrogen-bond acceptors (Lipinski definition) is 3. The highest BCUT2D eigenvalue weighted by molar-refractivity contribution is 5.92. The molecular formula is C14H17N3. The van der Waals surface area contributed by atoms with E-state index in [0.717, 1.165) is 16.8 Å². The number of benzene rings is 2. The van der Waals surface area contributed by atoms with Crippen LogP contribution in [0.5, 0.6) is 0 Å². The van der Waals surface area contributed by atoms with E-state index in [1.807, 2.05) is 50.5 Å². The van der Waals surface area contributed by atoms with Crippen molar-refractivity contribution in [3.05, 3.63) is 42.5 Å². The molecule has 0 atom stereocenters. The third-order valence-electron chi connectivity index (χ3n) is 2.78. The Morgan fingerprint density at radius 3 is 2.00 bits per heavy atom. The van der Waals surface area contributed by atoms with Crippen molar-refractivity contribution in [2.45, 2.75) is 0 Å². The second-order valence-electron chi connectivity index (χ2n) is 4.22. The number of nitrogens with two attached hydrogens (primary N) is 2. The fraction of sp³-hybridized carbons (Fsp3) is 0.143. The van der Waals surface area contributed by atoms with E-state index in [1.165, 1.54) is 0 Å². The van der Waals surface area contributed by atoms with E-state index in [1.54, 1.807) is 0 Å². The lowest BCUT2D eigenvalue weighted by Gasteiger charge is -2.19. The van der Waals surface area contributed by atoms with Crippen LogP contribution >= 0.6 is 0 Å². The monoisotopic (exact) mass is 227 g/mol. The number of hydrogen-bond donors (Lipinski definition) is 2. The maximum absolute atomic E-state index is 6.02. The molecule has 0 aliphatic heterocycles. The summed E-state index contributed by atoms with van der Waals surface area (Å²) in [5.74, 6) is 0. The van der Waals surface area contributed by atoms with Crippen LogP contribution in [0.1, 0.15) is 0 Å². The Labute approximate surface area is 102 Å². The summed E-state index contributed by atoms with van der Waals surface area (Å²) in [5.41, 5.74) is 16.5. The molecule has 0 saturated heterocycles. The van der Waals surface area contributed by atoms with Gasteiger partial charge in [-0.2, -0.15) is 0 Å². The van der Waals surface area contributed by atoms with Crippen LogP contribution in [0, 0.1) is 0 Å². The van der Waals surface area contributed by atoms with Crippen LogP contribution in [0.2, 0.25) is 0 Å². The van der Waals surface area contributed by atoms with E-state index in [0.29, 0.717) is 11.4 Å². The molecule has 17 heavy (non-hydrogen) atoms.